The molecule has 3 rings (SSSR count). The number of carbonyl (C=O) groups is 1. The van der Waals surface area contributed by atoms with E-state index in [2.05, 4.69) is 15.6 Å². The van der Waals surface area contributed by atoms with Crippen LogP contribution in [0.25, 0.3) is 5.65 Å². The molecule has 0 radical (unpaired) electrons. The van der Waals surface area contributed by atoms with Crippen molar-refractivity contribution in [2.45, 2.75) is 19.4 Å². The topological polar surface area (TPSA) is 58.4 Å². The Morgan fingerprint density at radius 1 is 1.43 bits per heavy atom. The van der Waals surface area contributed by atoms with Gasteiger partial charge in [-0.15, -0.1) is 24.8 Å². The maximum Gasteiger partial charge on any atom is 0.224 e. The highest BCUT2D eigenvalue weighted by Crippen LogP contribution is 2.10. The number of fused-ring (bicyclic) bond motifs is 1. The predicted molar refractivity (Wildman–Crippen MR) is 87.1 cm³/mol. The zero-order valence-corrected chi connectivity index (χ0v) is 13.3. The highest BCUT2D eigenvalue weighted by molar-refractivity contribution is 5.85. The molecule has 1 saturated heterocycles. The van der Waals surface area contributed by atoms with E-state index in [4.69, 9.17) is 0 Å². The van der Waals surface area contributed by atoms with Crippen LogP contribution in [0.1, 0.15) is 18.4 Å². The van der Waals surface area contributed by atoms with Gasteiger partial charge in [0, 0.05) is 31.7 Å². The summed E-state index contributed by atoms with van der Waals surface area (Å²) in [6, 6.07) is 4.01. The molecule has 1 amide bonds. The van der Waals surface area contributed by atoms with E-state index in [-0.39, 0.29) is 36.6 Å². The summed E-state index contributed by atoms with van der Waals surface area (Å²) in [6.07, 6.45) is 7.71. The summed E-state index contributed by atoms with van der Waals surface area (Å²) in [5, 5.41) is 6.27. The minimum atomic E-state index is 0. The van der Waals surface area contributed by atoms with Gasteiger partial charge in [0.15, 0.2) is 0 Å². The molecule has 2 N–H and O–H groups in total. The van der Waals surface area contributed by atoms with Crippen LogP contribution in [0.2, 0.25) is 0 Å². The summed E-state index contributed by atoms with van der Waals surface area (Å²) in [6.45, 7) is 2.39. The molecule has 1 aliphatic heterocycles. The van der Waals surface area contributed by atoms with Crippen molar-refractivity contribution in [2.75, 3.05) is 13.1 Å². The SMILES string of the molecule is Cl.Cl.O=C(NCc1ccn2ccnc2c1)C1CCCNC1. The Balaban J connectivity index is 0.00000110. The molecule has 0 spiro atoms. The molecule has 0 aromatic carbocycles. The fourth-order valence-corrected chi connectivity index (χ4v) is 2.47. The van der Waals surface area contributed by atoms with Crippen LogP contribution < -0.4 is 10.6 Å². The van der Waals surface area contributed by atoms with Crippen molar-refractivity contribution >= 4 is 36.4 Å². The van der Waals surface area contributed by atoms with Gasteiger partial charge in [-0.3, -0.25) is 4.79 Å². The number of hydrogen-bond donors (Lipinski definition) is 2. The van der Waals surface area contributed by atoms with Gasteiger partial charge >= 0.3 is 0 Å². The molecule has 1 atom stereocenters. The highest BCUT2D eigenvalue weighted by Gasteiger charge is 2.20. The second kappa shape index (κ2) is 8.22. The molecule has 0 aliphatic carbocycles. The number of halogens is 2. The van der Waals surface area contributed by atoms with Crippen molar-refractivity contribution in [3.8, 4) is 0 Å². The van der Waals surface area contributed by atoms with Gasteiger partial charge in [0.25, 0.3) is 0 Å². The van der Waals surface area contributed by atoms with Crippen LogP contribution in [-0.2, 0) is 11.3 Å². The molecule has 0 bridgehead atoms. The first kappa shape index (κ1) is 17.8. The monoisotopic (exact) mass is 330 g/mol. The third kappa shape index (κ3) is 4.33. The van der Waals surface area contributed by atoms with E-state index in [1.807, 2.05) is 28.9 Å². The molecular formula is C14H20Cl2N4O. The predicted octanol–water partition coefficient (Wildman–Crippen LogP) is 1.79. The van der Waals surface area contributed by atoms with Crippen LogP contribution in [-0.4, -0.2) is 28.4 Å². The lowest BCUT2D eigenvalue weighted by Gasteiger charge is -2.21. The Hall–Kier alpha value is -1.30. The number of nitrogens with one attached hydrogen (secondary N) is 2. The Morgan fingerprint density at radius 2 is 2.29 bits per heavy atom. The van der Waals surface area contributed by atoms with E-state index in [0.29, 0.717) is 6.54 Å². The molecule has 21 heavy (non-hydrogen) atoms. The van der Waals surface area contributed by atoms with Crippen molar-refractivity contribution in [3.63, 3.8) is 0 Å². The number of rotatable bonds is 3. The fraction of sp³-hybridized carbons (Fsp3) is 0.429. The van der Waals surface area contributed by atoms with Crippen molar-refractivity contribution in [3.05, 3.63) is 36.3 Å². The summed E-state index contributed by atoms with van der Waals surface area (Å²) in [4.78, 5) is 16.2. The third-order valence-corrected chi connectivity index (χ3v) is 3.60. The third-order valence-electron chi connectivity index (χ3n) is 3.60. The number of nitrogens with zero attached hydrogens (tertiary/aromatic N) is 2. The van der Waals surface area contributed by atoms with Gasteiger partial charge < -0.3 is 15.0 Å². The standard InChI is InChI=1S/C14H18N4O.2ClH/c19-14(12-2-1-4-15-10-12)17-9-11-3-6-18-7-5-16-13(18)8-11;;/h3,5-8,12,15H,1-2,4,9-10H2,(H,17,19);2*1H. The molecule has 3 heterocycles. The molecule has 1 aliphatic rings. The Bertz CT molecular complexity index is 581. The molecule has 2 aromatic rings. The maximum absolute atomic E-state index is 12.0. The van der Waals surface area contributed by atoms with Crippen molar-refractivity contribution in [2.24, 2.45) is 5.92 Å². The summed E-state index contributed by atoms with van der Waals surface area (Å²) in [5.74, 6) is 0.263. The molecular weight excluding hydrogens is 311 g/mol. The number of piperidine rings is 1. The lowest BCUT2D eigenvalue weighted by molar-refractivity contribution is -0.125. The van der Waals surface area contributed by atoms with Gasteiger partial charge in [0.2, 0.25) is 5.91 Å². The van der Waals surface area contributed by atoms with E-state index in [0.717, 1.165) is 37.1 Å². The second-order valence-electron chi connectivity index (χ2n) is 4.99. The van der Waals surface area contributed by atoms with E-state index in [9.17, 15) is 4.79 Å². The van der Waals surface area contributed by atoms with Crippen molar-refractivity contribution < 1.29 is 4.79 Å². The number of pyridine rings is 1. The van der Waals surface area contributed by atoms with Gasteiger partial charge in [-0.1, -0.05) is 0 Å². The van der Waals surface area contributed by atoms with Gasteiger partial charge in [-0.05, 0) is 37.1 Å². The van der Waals surface area contributed by atoms with Crippen LogP contribution in [0.5, 0.6) is 0 Å². The van der Waals surface area contributed by atoms with E-state index < -0.39 is 0 Å². The Morgan fingerprint density at radius 3 is 3.05 bits per heavy atom. The van der Waals surface area contributed by atoms with Gasteiger partial charge in [0.05, 0.1) is 5.92 Å². The summed E-state index contributed by atoms with van der Waals surface area (Å²) in [7, 11) is 0. The van der Waals surface area contributed by atoms with Crippen molar-refractivity contribution in [1.82, 2.24) is 20.0 Å². The van der Waals surface area contributed by atoms with Gasteiger partial charge in [0.1, 0.15) is 5.65 Å². The first-order valence-electron chi connectivity index (χ1n) is 6.73. The molecule has 7 heteroatoms. The summed E-state index contributed by atoms with van der Waals surface area (Å²) < 4.78 is 1.95. The molecule has 1 unspecified atom stereocenters. The zero-order chi connectivity index (χ0) is 13.1. The molecule has 116 valence electrons. The van der Waals surface area contributed by atoms with E-state index >= 15 is 0 Å². The smallest absolute Gasteiger partial charge is 0.224 e. The largest absolute Gasteiger partial charge is 0.352 e. The van der Waals surface area contributed by atoms with Crippen molar-refractivity contribution in [1.29, 1.82) is 0 Å². The first-order chi connectivity index (χ1) is 9.33. The van der Waals surface area contributed by atoms with Crippen LogP contribution in [0.3, 0.4) is 0 Å². The Labute approximate surface area is 136 Å². The summed E-state index contributed by atoms with van der Waals surface area (Å²) in [5.41, 5.74) is 1.99. The van der Waals surface area contributed by atoms with Crippen LogP contribution in [0, 0.1) is 5.92 Å². The lowest BCUT2D eigenvalue weighted by Crippen LogP contribution is -2.40. The zero-order valence-electron chi connectivity index (χ0n) is 11.6. The van der Waals surface area contributed by atoms with Crippen LogP contribution >= 0.6 is 24.8 Å². The van der Waals surface area contributed by atoms with Crippen LogP contribution in [0.4, 0.5) is 0 Å². The number of carbonyl (C=O) groups excluding carboxylic acids is 1. The highest BCUT2D eigenvalue weighted by atomic mass is 35.5. The quantitative estimate of drug-likeness (QED) is 0.902. The average Bonchev–Trinajstić information content (AvgIpc) is 2.93. The van der Waals surface area contributed by atoms with Gasteiger partial charge in [-0.2, -0.15) is 0 Å². The van der Waals surface area contributed by atoms with Crippen LogP contribution in [0.15, 0.2) is 30.7 Å². The molecule has 2 aromatic heterocycles. The normalized spacial score (nSPS) is 17.6. The fourth-order valence-electron chi connectivity index (χ4n) is 2.47. The lowest BCUT2D eigenvalue weighted by atomic mass is 9.99. The number of imidazole rings is 1. The Kier molecular flexibility index (Phi) is 6.95. The molecule has 0 saturated carbocycles. The number of hydrogen-bond acceptors (Lipinski definition) is 3. The number of aromatic nitrogens is 2. The minimum Gasteiger partial charge on any atom is -0.352 e. The first-order valence-corrected chi connectivity index (χ1v) is 6.73. The van der Waals surface area contributed by atoms with Gasteiger partial charge in [-0.25, -0.2) is 4.98 Å². The second-order valence-corrected chi connectivity index (χ2v) is 4.99. The molecule has 5 nitrogen and oxygen atoms in total. The maximum atomic E-state index is 12.0. The minimum absolute atomic E-state index is 0. The average molecular weight is 331 g/mol. The number of amides is 1. The van der Waals surface area contributed by atoms with E-state index in [1.165, 1.54) is 0 Å². The summed E-state index contributed by atoms with van der Waals surface area (Å²) >= 11 is 0. The molecule has 1 fully saturated rings. The van der Waals surface area contributed by atoms with E-state index in [1.54, 1.807) is 6.20 Å².